The van der Waals surface area contributed by atoms with E-state index in [1.54, 1.807) is 31.2 Å². The Morgan fingerprint density at radius 1 is 1.33 bits per heavy atom. The van der Waals surface area contributed by atoms with E-state index < -0.39 is 5.97 Å². The van der Waals surface area contributed by atoms with Gasteiger partial charge >= 0.3 is 12.0 Å². The van der Waals surface area contributed by atoms with Crippen molar-refractivity contribution in [2.24, 2.45) is 0 Å². The van der Waals surface area contributed by atoms with Crippen LogP contribution in [0.4, 0.5) is 5.69 Å². The largest absolute Gasteiger partial charge is 0.461 e. The van der Waals surface area contributed by atoms with E-state index in [9.17, 15) is 9.59 Å². The first-order valence-electron chi connectivity index (χ1n) is 6.27. The molecule has 1 amide bonds. The van der Waals surface area contributed by atoms with Crippen molar-refractivity contribution < 1.29 is 23.5 Å². The number of hydrogen-bond acceptors (Lipinski definition) is 6. The maximum Gasteiger partial charge on any atom is 0.399 e. The zero-order valence-corrected chi connectivity index (χ0v) is 11.6. The lowest BCUT2D eigenvalue weighted by molar-refractivity contribution is -0.114. The monoisotopic (exact) mass is 290 g/mol. The summed E-state index contributed by atoms with van der Waals surface area (Å²) in [5, 5.41) is 2.62. The summed E-state index contributed by atoms with van der Waals surface area (Å²) in [7, 11) is 0. The van der Waals surface area contributed by atoms with Crippen molar-refractivity contribution in [3.05, 3.63) is 36.2 Å². The number of hydrogen-bond donors (Lipinski definition) is 1. The Bertz CT molecular complexity index is 650. The van der Waals surface area contributed by atoms with Crippen LogP contribution in [0.1, 0.15) is 24.3 Å². The first-order valence-corrected chi connectivity index (χ1v) is 6.27. The lowest BCUT2D eigenvalue weighted by atomic mass is 10.3. The van der Waals surface area contributed by atoms with Crippen molar-refractivity contribution in [3.63, 3.8) is 0 Å². The number of esters is 1. The molecule has 2 rings (SSSR count). The Labute approximate surface area is 120 Å². The zero-order valence-electron chi connectivity index (χ0n) is 11.6. The number of amides is 1. The molecule has 0 saturated carbocycles. The third-order valence-corrected chi connectivity index (χ3v) is 2.36. The van der Waals surface area contributed by atoms with E-state index in [2.05, 4.69) is 10.3 Å². The Morgan fingerprint density at radius 3 is 2.81 bits per heavy atom. The molecule has 0 atom stereocenters. The van der Waals surface area contributed by atoms with Gasteiger partial charge in [-0.25, -0.2) is 4.79 Å². The average molecular weight is 290 g/mol. The van der Waals surface area contributed by atoms with E-state index in [0.29, 0.717) is 11.4 Å². The molecule has 0 unspecified atom stereocenters. The number of oxazole rings is 1. The fraction of sp³-hybridized carbons (Fsp3) is 0.214. The highest BCUT2D eigenvalue weighted by molar-refractivity contribution is 5.90. The van der Waals surface area contributed by atoms with Crippen molar-refractivity contribution in [1.29, 1.82) is 0 Å². The standard InChI is InChI=1S/C14H14N2O5/c1-3-19-13(18)11-8-20-14(16-11)21-12-7-5-4-6-10(12)15-9(2)17/h4-8H,3H2,1-2H3,(H,15,17). The highest BCUT2D eigenvalue weighted by Gasteiger charge is 2.15. The predicted octanol–water partition coefficient (Wildman–Crippen LogP) is 2.60. The van der Waals surface area contributed by atoms with Crippen LogP contribution >= 0.6 is 0 Å². The molecule has 21 heavy (non-hydrogen) atoms. The summed E-state index contributed by atoms with van der Waals surface area (Å²) in [4.78, 5) is 26.5. The molecule has 0 aliphatic rings. The molecule has 0 radical (unpaired) electrons. The van der Waals surface area contributed by atoms with Gasteiger partial charge < -0.3 is 19.2 Å². The van der Waals surface area contributed by atoms with Gasteiger partial charge in [-0.05, 0) is 19.1 Å². The second-order valence-electron chi connectivity index (χ2n) is 4.00. The van der Waals surface area contributed by atoms with Crippen LogP contribution in [0.15, 0.2) is 34.9 Å². The van der Waals surface area contributed by atoms with Crippen molar-refractivity contribution in [1.82, 2.24) is 4.98 Å². The molecule has 1 N–H and O–H groups in total. The normalized spacial score (nSPS) is 10.0. The fourth-order valence-corrected chi connectivity index (χ4v) is 1.55. The number of anilines is 1. The number of para-hydroxylation sites is 2. The second kappa shape index (κ2) is 6.56. The second-order valence-corrected chi connectivity index (χ2v) is 4.00. The van der Waals surface area contributed by atoms with Gasteiger partial charge in [-0.3, -0.25) is 4.79 Å². The third kappa shape index (κ3) is 3.82. The van der Waals surface area contributed by atoms with Crippen molar-refractivity contribution in [3.8, 4) is 11.8 Å². The molecular weight excluding hydrogens is 276 g/mol. The summed E-state index contributed by atoms with van der Waals surface area (Å²) in [6.45, 7) is 3.33. The Hall–Kier alpha value is -2.83. The zero-order chi connectivity index (χ0) is 15.2. The van der Waals surface area contributed by atoms with E-state index in [0.717, 1.165) is 6.26 Å². The van der Waals surface area contributed by atoms with Gasteiger partial charge in [0, 0.05) is 6.92 Å². The highest BCUT2D eigenvalue weighted by Crippen LogP contribution is 2.28. The number of rotatable bonds is 5. The minimum absolute atomic E-state index is 0.0175. The molecule has 0 spiro atoms. The molecular formula is C14H14N2O5. The van der Waals surface area contributed by atoms with Gasteiger partial charge in [-0.2, -0.15) is 4.98 Å². The molecule has 1 aromatic heterocycles. The summed E-state index contributed by atoms with van der Waals surface area (Å²) in [6, 6.07) is 6.79. The Balaban J connectivity index is 2.15. The Kier molecular flexibility index (Phi) is 4.55. The van der Waals surface area contributed by atoms with Crippen molar-refractivity contribution in [2.45, 2.75) is 13.8 Å². The van der Waals surface area contributed by atoms with Gasteiger partial charge in [0.05, 0.1) is 12.3 Å². The van der Waals surface area contributed by atoms with Gasteiger partial charge in [0.1, 0.15) is 6.26 Å². The van der Waals surface area contributed by atoms with E-state index in [4.69, 9.17) is 13.9 Å². The van der Waals surface area contributed by atoms with Crippen LogP contribution in [0, 0.1) is 0 Å². The first kappa shape index (κ1) is 14.6. The topological polar surface area (TPSA) is 90.7 Å². The number of carbonyl (C=O) groups is 2. The lowest BCUT2D eigenvalue weighted by Gasteiger charge is -2.07. The van der Waals surface area contributed by atoms with Crippen LogP contribution in [0.25, 0.3) is 0 Å². The summed E-state index contributed by atoms with van der Waals surface area (Å²) < 4.78 is 15.3. The molecule has 1 heterocycles. The van der Waals surface area contributed by atoms with Crippen LogP contribution < -0.4 is 10.1 Å². The van der Waals surface area contributed by atoms with E-state index >= 15 is 0 Å². The number of aromatic nitrogens is 1. The third-order valence-electron chi connectivity index (χ3n) is 2.36. The SMILES string of the molecule is CCOC(=O)c1coc(Oc2ccccc2NC(C)=O)n1. The van der Waals surface area contributed by atoms with Gasteiger partial charge in [0.2, 0.25) is 5.91 Å². The van der Waals surface area contributed by atoms with Crippen molar-refractivity contribution in [2.75, 3.05) is 11.9 Å². The maximum absolute atomic E-state index is 11.5. The lowest BCUT2D eigenvalue weighted by Crippen LogP contribution is -2.07. The molecule has 110 valence electrons. The van der Waals surface area contributed by atoms with Crippen LogP contribution in [-0.4, -0.2) is 23.5 Å². The molecule has 2 aromatic rings. The number of benzene rings is 1. The van der Waals surface area contributed by atoms with E-state index in [1.165, 1.54) is 6.92 Å². The smallest absolute Gasteiger partial charge is 0.399 e. The van der Waals surface area contributed by atoms with Gasteiger partial charge in [-0.1, -0.05) is 12.1 Å². The van der Waals surface area contributed by atoms with Gasteiger partial charge in [0.25, 0.3) is 0 Å². The molecule has 0 aliphatic carbocycles. The molecule has 0 bridgehead atoms. The van der Waals surface area contributed by atoms with E-state index in [1.807, 2.05) is 0 Å². The van der Waals surface area contributed by atoms with Gasteiger partial charge in [0.15, 0.2) is 11.4 Å². The molecule has 0 fully saturated rings. The van der Waals surface area contributed by atoms with Crippen LogP contribution in [-0.2, 0) is 9.53 Å². The molecule has 7 heteroatoms. The minimum Gasteiger partial charge on any atom is -0.461 e. The van der Waals surface area contributed by atoms with Crippen LogP contribution in [0.2, 0.25) is 0 Å². The number of nitrogens with zero attached hydrogens (tertiary/aromatic N) is 1. The molecule has 7 nitrogen and oxygen atoms in total. The molecule has 0 aliphatic heterocycles. The first-order chi connectivity index (χ1) is 10.1. The fourth-order valence-electron chi connectivity index (χ4n) is 1.55. The number of ether oxygens (including phenoxy) is 2. The van der Waals surface area contributed by atoms with E-state index in [-0.39, 0.29) is 24.3 Å². The summed E-state index contributed by atoms with van der Waals surface area (Å²) in [6.07, 6.45) is 1.03. The summed E-state index contributed by atoms with van der Waals surface area (Å²) in [5.41, 5.74) is 0.491. The Morgan fingerprint density at radius 2 is 2.10 bits per heavy atom. The summed E-state index contributed by atoms with van der Waals surface area (Å²) in [5.74, 6) is -0.470. The average Bonchev–Trinajstić information content (AvgIpc) is 2.89. The minimum atomic E-state index is -0.591. The predicted molar refractivity (Wildman–Crippen MR) is 73.3 cm³/mol. The molecule has 0 saturated heterocycles. The quantitative estimate of drug-likeness (QED) is 0.851. The summed E-state index contributed by atoms with van der Waals surface area (Å²) >= 11 is 0. The van der Waals surface area contributed by atoms with Crippen LogP contribution in [0.3, 0.4) is 0 Å². The number of nitrogens with one attached hydrogen (secondary N) is 1. The van der Waals surface area contributed by atoms with Gasteiger partial charge in [-0.15, -0.1) is 0 Å². The van der Waals surface area contributed by atoms with Crippen LogP contribution in [0.5, 0.6) is 11.8 Å². The number of carbonyl (C=O) groups excluding carboxylic acids is 2. The highest BCUT2D eigenvalue weighted by atomic mass is 16.6. The maximum atomic E-state index is 11.5. The molecule has 1 aromatic carbocycles. The van der Waals surface area contributed by atoms with Crippen molar-refractivity contribution >= 4 is 17.6 Å².